The summed E-state index contributed by atoms with van der Waals surface area (Å²) in [6.45, 7) is 0.447. The molecular formula is C15H12Cl2FN3O2. The highest BCUT2D eigenvalue weighted by atomic mass is 35.5. The number of aromatic nitrogens is 3. The number of nitrogens with zero attached hydrogens (tertiary/aromatic N) is 3. The van der Waals surface area contributed by atoms with Gasteiger partial charge in [-0.05, 0) is 18.9 Å². The van der Waals surface area contributed by atoms with Crippen LogP contribution < -0.4 is 10.4 Å². The van der Waals surface area contributed by atoms with Gasteiger partial charge in [-0.15, -0.1) is 11.5 Å². The zero-order valence-corrected chi connectivity index (χ0v) is 13.4. The Kier molecular flexibility index (Phi) is 4.33. The molecule has 0 saturated heterocycles. The lowest BCUT2D eigenvalue weighted by atomic mass is 10.1. The van der Waals surface area contributed by atoms with Gasteiger partial charge in [0.1, 0.15) is 12.4 Å². The summed E-state index contributed by atoms with van der Waals surface area (Å²) in [6, 6.07) is 2.90. The van der Waals surface area contributed by atoms with Crippen LogP contribution in [0.25, 0.3) is 5.69 Å². The van der Waals surface area contributed by atoms with Crippen LogP contribution in [0, 0.1) is 12.3 Å². The van der Waals surface area contributed by atoms with Crippen LogP contribution in [-0.2, 0) is 6.54 Å². The Balaban J connectivity index is 2.12. The van der Waals surface area contributed by atoms with Crippen LogP contribution in [0.1, 0.15) is 24.8 Å². The molecule has 3 rings (SSSR count). The van der Waals surface area contributed by atoms with Gasteiger partial charge in [-0.1, -0.05) is 29.1 Å². The highest BCUT2D eigenvalue weighted by Crippen LogP contribution is 2.33. The summed E-state index contributed by atoms with van der Waals surface area (Å²) in [5, 5.41) is 4.55. The van der Waals surface area contributed by atoms with Crippen molar-refractivity contribution in [2.45, 2.75) is 25.6 Å². The van der Waals surface area contributed by atoms with Crippen LogP contribution >= 0.6 is 23.2 Å². The third-order valence-corrected chi connectivity index (χ3v) is 4.15. The van der Waals surface area contributed by atoms with Crippen LogP contribution in [0.5, 0.6) is 5.75 Å². The molecule has 1 aliphatic heterocycles. The first-order valence-electron chi connectivity index (χ1n) is 6.92. The van der Waals surface area contributed by atoms with E-state index in [0.29, 0.717) is 19.4 Å². The SMILES string of the molecule is C#CCOc1cc(-n2nc3n(c2=O)CCCC3F)c(Cl)cc1Cl. The minimum Gasteiger partial charge on any atom is -0.479 e. The fourth-order valence-corrected chi connectivity index (χ4v) is 3.00. The molecule has 2 aromatic rings. The largest absolute Gasteiger partial charge is 0.479 e. The molecule has 0 fully saturated rings. The Morgan fingerprint density at radius 2 is 2.22 bits per heavy atom. The minimum absolute atomic E-state index is 0.0158. The summed E-state index contributed by atoms with van der Waals surface area (Å²) in [5.41, 5.74) is -0.184. The van der Waals surface area contributed by atoms with E-state index in [9.17, 15) is 9.18 Å². The first kappa shape index (κ1) is 15.9. The molecule has 2 heterocycles. The molecule has 8 heteroatoms. The van der Waals surface area contributed by atoms with Gasteiger partial charge in [0.2, 0.25) is 0 Å². The van der Waals surface area contributed by atoms with Crippen molar-refractivity contribution in [3.05, 3.63) is 38.5 Å². The Hall–Kier alpha value is -1.97. The maximum Gasteiger partial charge on any atom is 0.350 e. The monoisotopic (exact) mass is 355 g/mol. The molecule has 5 nitrogen and oxygen atoms in total. The number of ether oxygens (including phenoxy) is 1. The number of halogens is 3. The molecule has 0 saturated carbocycles. The number of hydrogen-bond donors (Lipinski definition) is 0. The van der Waals surface area contributed by atoms with Gasteiger partial charge in [0.05, 0.1) is 15.7 Å². The standard InChI is InChI=1S/C15H12Cl2FN3O2/c1-2-6-23-13-8-12(9(16)7-10(13)17)21-15(22)20-5-3-4-11(18)14(20)19-21/h1,7-8,11H,3-6H2. The van der Waals surface area contributed by atoms with Crippen molar-refractivity contribution in [2.75, 3.05) is 6.61 Å². The second-order valence-electron chi connectivity index (χ2n) is 5.04. The molecule has 1 aliphatic rings. The molecule has 0 radical (unpaired) electrons. The maximum atomic E-state index is 14.0. The number of alkyl halides is 1. The van der Waals surface area contributed by atoms with Crippen molar-refractivity contribution >= 4 is 23.2 Å². The summed E-state index contributed by atoms with van der Waals surface area (Å²) in [7, 11) is 0. The lowest BCUT2D eigenvalue weighted by Gasteiger charge is -2.14. The van der Waals surface area contributed by atoms with E-state index in [1.165, 1.54) is 16.7 Å². The lowest BCUT2D eigenvalue weighted by molar-refractivity contribution is 0.259. The average molecular weight is 356 g/mol. The van der Waals surface area contributed by atoms with E-state index in [0.717, 1.165) is 4.68 Å². The summed E-state index contributed by atoms with van der Waals surface area (Å²) in [5.74, 6) is 2.71. The van der Waals surface area contributed by atoms with Crippen molar-refractivity contribution in [1.82, 2.24) is 14.3 Å². The molecule has 0 bridgehead atoms. The van der Waals surface area contributed by atoms with Gasteiger partial charge in [0, 0.05) is 12.6 Å². The first-order valence-corrected chi connectivity index (χ1v) is 7.68. The van der Waals surface area contributed by atoms with Gasteiger partial charge in [0.25, 0.3) is 0 Å². The topological polar surface area (TPSA) is 49.0 Å². The second kappa shape index (κ2) is 6.26. The van der Waals surface area contributed by atoms with E-state index in [2.05, 4.69) is 11.0 Å². The Bertz CT molecular complexity index is 854. The van der Waals surface area contributed by atoms with Crippen molar-refractivity contribution in [2.24, 2.45) is 0 Å². The summed E-state index contributed by atoms with van der Waals surface area (Å²) >= 11 is 12.2. The Morgan fingerprint density at radius 1 is 1.43 bits per heavy atom. The van der Waals surface area contributed by atoms with Gasteiger partial charge in [-0.2, -0.15) is 4.68 Å². The van der Waals surface area contributed by atoms with E-state index >= 15 is 0 Å². The predicted octanol–water partition coefficient (Wildman–Crippen LogP) is 3.16. The fourth-order valence-electron chi connectivity index (χ4n) is 2.48. The highest BCUT2D eigenvalue weighted by molar-refractivity contribution is 6.36. The van der Waals surface area contributed by atoms with Crippen molar-refractivity contribution in [3.8, 4) is 23.8 Å². The van der Waals surface area contributed by atoms with Gasteiger partial charge in [0.15, 0.2) is 12.0 Å². The molecule has 1 atom stereocenters. The molecule has 1 aromatic heterocycles. The summed E-state index contributed by atoms with van der Waals surface area (Å²) in [4.78, 5) is 12.5. The van der Waals surface area contributed by atoms with Gasteiger partial charge in [-0.3, -0.25) is 4.57 Å². The van der Waals surface area contributed by atoms with Crippen molar-refractivity contribution in [3.63, 3.8) is 0 Å². The molecule has 1 aromatic carbocycles. The van der Waals surface area contributed by atoms with E-state index in [4.69, 9.17) is 34.4 Å². The van der Waals surface area contributed by atoms with Gasteiger partial charge in [-0.25, -0.2) is 9.18 Å². The summed E-state index contributed by atoms with van der Waals surface area (Å²) in [6.07, 6.45) is 4.83. The number of benzene rings is 1. The highest BCUT2D eigenvalue weighted by Gasteiger charge is 2.27. The quantitative estimate of drug-likeness (QED) is 0.794. The molecule has 1 unspecified atom stereocenters. The Morgan fingerprint density at radius 3 is 2.91 bits per heavy atom. The molecule has 23 heavy (non-hydrogen) atoms. The summed E-state index contributed by atoms with van der Waals surface area (Å²) < 4.78 is 21.7. The molecule has 0 aliphatic carbocycles. The van der Waals surface area contributed by atoms with Crippen LogP contribution in [0.15, 0.2) is 16.9 Å². The number of hydrogen-bond acceptors (Lipinski definition) is 3. The fraction of sp³-hybridized carbons (Fsp3) is 0.333. The zero-order valence-electron chi connectivity index (χ0n) is 11.9. The van der Waals surface area contributed by atoms with Crippen molar-refractivity contribution in [1.29, 1.82) is 0 Å². The van der Waals surface area contributed by atoms with Crippen LogP contribution in [0.3, 0.4) is 0 Å². The Labute approximate surface area is 141 Å². The van der Waals surface area contributed by atoms with E-state index < -0.39 is 11.9 Å². The zero-order chi connectivity index (χ0) is 16.6. The number of terminal acetylenes is 1. The smallest absolute Gasteiger partial charge is 0.350 e. The van der Waals surface area contributed by atoms with Gasteiger partial charge < -0.3 is 4.74 Å². The third-order valence-electron chi connectivity index (χ3n) is 3.55. The molecule has 0 spiro atoms. The van der Waals surface area contributed by atoms with Crippen LogP contribution in [0.2, 0.25) is 10.0 Å². The second-order valence-corrected chi connectivity index (χ2v) is 5.86. The first-order chi connectivity index (χ1) is 11.0. The van der Waals surface area contributed by atoms with E-state index in [1.807, 2.05) is 0 Å². The average Bonchev–Trinajstić information content (AvgIpc) is 2.85. The normalized spacial score (nSPS) is 16.7. The van der Waals surface area contributed by atoms with E-state index in [1.54, 1.807) is 0 Å². The number of rotatable bonds is 3. The molecule has 0 amide bonds. The minimum atomic E-state index is -1.26. The van der Waals surface area contributed by atoms with Gasteiger partial charge >= 0.3 is 5.69 Å². The molecule has 120 valence electrons. The lowest BCUT2D eigenvalue weighted by Crippen LogP contribution is -2.26. The predicted molar refractivity (Wildman–Crippen MR) is 85.3 cm³/mol. The molecule has 0 N–H and O–H groups in total. The van der Waals surface area contributed by atoms with Crippen LogP contribution in [0.4, 0.5) is 4.39 Å². The van der Waals surface area contributed by atoms with Crippen molar-refractivity contribution < 1.29 is 9.13 Å². The number of fused-ring (bicyclic) bond motifs is 1. The van der Waals surface area contributed by atoms with E-state index in [-0.39, 0.29) is 33.9 Å². The maximum absolute atomic E-state index is 14.0. The molecular weight excluding hydrogens is 344 g/mol. The third kappa shape index (κ3) is 2.82. The van der Waals surface area contributed by atoms with Crippen LogP contribution in [-0.4, -0.2) is 21.0 Å².